The predicted molar refractivity (Wildman–Crippen MR) is 116 cm³/mol. The Morgan fingerprint density at radius 2 is 1.77 bits per heavy atom. The Bertz CT molecular complexity index is 1060. The Labute approximate surface area is 176 Å². The molecule has 3 aromatic rings. The number of rotatable bonds is 7. The number of hydrogen-bond acceptors (Lipinski definition) is 5. The molecule has 6 heteroatoms. The van der Waals surface area contributed by atoms with E-state index in [4.69, 9.17) is 13.9 Å². The Balaban J connectivity index is 1.78. The maximum Gasteiger partial charge on any atom is 0.375 e. The van der Waals surface area contributed by atoms with Gasteiger partial charge in [-0.2, -0.15) is 0 Å². The number of anilines is 1. The van der Waals surface area contributed by atoms with E-state index in [2.05, 4.69) is 5.32 Å². The van der Waals surface area contributed by atoms with E-state index in [1.807, 2.05) is 58.0 Å². The van der Waals surface area contributed by atoms with E-state index in [1.54, 1.807) is 6.07 Å². The van der Waals surface area contributed by atoms with Crippen molar-refractivity contribution in [2.75, 3.05) is 11.9 Å². The summed E-state index contributed by atoms with van der Waals surface area (Å²) in [5.74, 6) is -1.03. The summed E-state index contributed by atoms with van der Waals surface area (Å²) in [6.07, 6.45) is -0.995. The van der Waals surface area contributed by atoms with Crippen molar-refractivity contribution >= 4 is 28.5 Å². The van der Waals surface area contributed by atoms with E-state index in [-0.39, 0.29) is 12.4 Å². The fraction of sp³-hybridized carbons (Fsp3) is 0.333. The number of nitrogens with one attached hydrogen (secondary N) is 1. The number of para-hydroxylation sites is 1. The van der Waals surface area contributed by atoms with Gasteiger partial charge in [0.15, 0.2) is 6.10 Å². The molecule has 2 aromatic carbocycles. The Hall–Kier alpha value is -3.12. The summed E-state index contributed by atoms with van der Waals surface area (Å²) in [5.41, 5.74) is 4.95. The molecule has 1 N–H and O–H groups in total. The van der Waals surface area contributed by atoms with Crippen molar-refractivity contribution in [3.05, 3.63) is 64.4 Å². The molecule has 0 unspecified atom stereocenters. The quantitative estimate of drug-likeness (QED) is 0.551. The van der Waals surface area contributed by atoms with Crippen LogP contribution in [0.5, 0.6) is 0 Å². The smallest absolute Gasteiger partial charge is 0.375 e. The van der Waals surface area contributed by atoms with Gasteiger partial charge >= 0.3 is 5.97 Å². The summed E-state index contributed by atoms with van der Waals surface area (Å²) >= 11 is 0. The number of fused-ring (bicyclic) bond motifs is 1. The largest absolute Gasteiger partial charge is 0.449 e. The maximum atomic E-state index is 12.8. The van der Waals surface area contributed by atoms with Crippen LogP contribution in [0, 0.1) is 20.8 Å². The Morgan fingerprint density at radius 3 is 2.43 bits per heavy atom. The summed E-state index contributed by atoms with van der Waals surface area (Å²) in [6.45, 7) is 10.0. The third-order valence-electron chi connectivity index (χ3n) is 4.91. The third kappa shape index (κ3) is 4.54. The minimum atomic E-state index is -0.995. The highest BCUT2D eigenvalue weighted by Gasteiger charge is 2.26. The lowest BCUT2D eigenvalue weighted by Gasteiger charge is -2.16. The number of amides is 1. The normalized spacial score (nSPS) is 12.0. The molecule has 1 amide bonds. The van der Waals surface area contributed by atoms with Crippen LogP contribution in [0.4, 0.5) is 5.69 Å². The molecule has 1 heterocycles. The van der Waals surface area contributed by atoms with E-state index in [1.165, 1.54) is 6.92 Å². The SMILES string of the molecule is CCOCc1c(C(=O)O[C@H](C)C(=O)Nc2c(C)cc(C)cc2C)oc2ccccc12. The molecule has 0 aliphatic heterocycles. The highest BCUT2D eigenvalue weighted by Crippen LogP contribution is 2.28. The van der Waals surface area contributed by atoms with Crippen LogP contribution in [-0.4, -0.2) is 24.6 Å². The van der Waals surface area contributed by atoms with Crippen LogP contribution in [-0.2, 0) is 20.9 Å². The molecular weight excluding hydrogens is 382 g/mol. The van der Waals surface area contributed by atoms with Gasteiger partial charge in [-0.15, -0.1) is 0 Å². The van der Waals surface area contributed by atoms with Gasteiger partial charge in [-0.25, -0.2) is 4.79 Å². The molecule has 158 valence electrons. The van der Waals surface area contributed by atoms with Crippen molar-refractivity contribution in [2.45, 2.75) is 47.3 Å². The van der Waals surface area contributed by atoms with E-state index in [0.717, 1.165) is 27.8 Å². The van der Waals surface area contributed by atoms with Crippen molar-refractivity contribution in [3.63, 3.8) is 0 Å². The molecule has 0 bridgehead atoms. The molecule has 30 heavy (non-hydrogen) atoms. The van der Waals surface area contributed by atoms with Gasteiger partial charge in [0, 0.05) is 23.2 Å². The zero-order valence-corrected chi connectivity index (χ0v) is 18.0. The molecule has 0 saturated carbocycles. The third-order valence-corrected chi connectivity index (χ3v) is 4.91. The van der Waals surface area contributed by atoms with Crippen LogP contribution in [0.25, 0.3) is 11.0 Å². The summed E-state index contributed by atoms with van der Waals surface area (Å²) in [5, 5.41) is 3.66. The van der Waals surface area contributed by atoms with E-state index in [0.29, 0.717) is 17.8 Å². The van der Waals surface area contributed by atoms with Gasteiger partial charge in [0.2, 0.25) is 5.76 Å². The number of hydrogen-bond donors (Lipinski definition) is 1. The average Bonchev–Trinajstić information content (AvgIpc) is 3.07. The molecule has 0 fully saturated rings. The van der Waals surface area contributed by atoms with Crippen LogP contribution in [0.2, 0.25) is 0 Å². The first-order valence-corrected chi connectivity index (χ1v) is 9.99. The monoisotopic (exact) mass is 409 g/mol. The minimum absolute atomic E-state index is 0.0620. The average molecular weight is 409 g/mol. The first kappa shape index (κ1) is 21.6. The van der Waals surface area contributed by atoms with Crippen molar-refractivity contribution in [1.29, 1.82) is 0 Å². The minimum Gasteiger partial charge on any atom is -0.449 e. The first-order valence-electron chi connectivity index (χ1n) is 9.99. The molecule has 0 aliphatic rings. The van der Waals surface area contributed by atoms with Gasteiger partial charge < -0.3 is 19.2 Å². The highest BCUT2D eigenvalue weighted by molar-refractivity contribution is 6.00. The fourth-order valence-electron chi connectivity index (χ4n) is 3.48. The van der Waals surface area contributed by atoms with Gasteiger partial charge in [0.05, 0.1) is 6.61 Å². The zero-order chi connectivity index (χ0) is 21.8. The first-order chi connectivity index (χ1) is 14.3. The fourth-order valence-corrected chi connectivity index (χ4v) is 3.48. The van der Waals surface area contributed by atoms with Crippen LogP contribution in [0.1, 0.15) is 46.7 Å². The summed E-state index contributed by atoms with van der Waals surface area (Å²) in [4.78, 5) is 25.4. The van der Waals surface area contributed by atoms with Crippen LogP contribution in [0.15, 0.2) is 40.8 Å². The molecule has 3 rings (SSSR count). The molecule has 6 nitrogen and oxygen atoms in total. The van der Waals surface area contributed by atoms with Crippen LogP contribution in [0.3, 0.4) is 0 Å². The summed E-state index contributed by atoms with van der Waals surface area (Å²) in [7, 11) is 0. The number of aryl methyl sites for hydroxylation is 3. The van der Waals surface area contributed by atoms with Crippen LogP contribution >= 0.6 is 0 Å². The van der Waals surface area contributed by atoms with Gasteiger partial charge in [-0.3, -0.25) is 4.79 Å². The topological polar surface area (TPSA) is 77.8 Å². The molecule has 0 spiro atoms. The Kier molecular flexibility index (Phi) is 6.57. The number of furan rings is 1. The molecule has 1 atom stereocenters. The van der Waals surface area contributed by atoms with Crippen molar-refractivity contribution < 1.29 is 23.5 Å². The second-order valence-electron chi connectivity index (χ2n) is 7.35. The molecule has 0 saturated heterocycles. The molecular formula is C24H27NO5. The maximum absolute atomic E-state index is 12.8. The number of ether oxygens (including phenoxy) is 2. The molecule has 0 aliphatic carbocycles. The summed E-state index contributed by atoms with van der Waals surface area (Å²) in [6, 6.07) is 11.3. The van der Waals surface area contributed by atoms with Gasteiger partial charge in [0.1, 0.15) is 5.58 Å². The predicted octanol–water partition coefficient (Wildman–Crippen LogP) is 5.08. The zero-order valence-electron chi connectivity index (χ0n) is 18.0. The van der Waals surface area contributed by atoms with E-state index in [9.17, 15) is 9.59 Å². The molecule has 0 radical (unpaired) electrons. The van der Waals surface area contributed by atoms with Gasteiger partial charge in [-0.1, -0.05) is 35.9 Å². The molecule has 1 aromatic heterocycles. The van der Waals surface area contributed by atoms with Gasteiger partial charge in [0.25, 0.3) is 5.91 Å². The highest BCUT2D eigenvalue weighted by atomic mass is 16.6. The number of benzene rings is 2. The second kappa shape index (κ2) is 9.13. The number of carbonyl (C=O) groups excluding carboxylic acids is 2. The van der Waals surface area contributed by atoms with Crippen LogP contribution < -0.4 is 5.32 Å². The number of esters is 1. The summed E-state index contributed by atoms with van der Waals surface area (Å²) < 4.78 is 16.6. The standard InChI is InChI=1S/C24H27NO5/c1-6-28-13-19-18-9-7-8-10-20(18)30-22(19)24(27)29-17(5)23(26)25-21-15(3)11-14(2)12-16(21)4/h7-12,17H,6,13H2,1-5H3,(H,25,26)/t17-/m1/s1. The van der Waals surface area contributed by atoms with Crippen molar-refractivity contribution in [1.82, 2.24) is 0 Å². The van der Waals surface area contributed by atoms with E-state index < -0.39 is 18.0 Å². The lowest BCUT2D eigenvalue weighted by Crippen LogP contribution is -2.30. The van der Waals surface area contributed by atoms with Gasteiger partial charge in [-0.05, 0) is 51.8 Å². The van der Waals surface area contributed by atoms with Crippen molar-refractivity contribution in [2.24, 2.45) is 0 Å². The number of carbonyl (C=O) groups is 2. The Morgan fingerprint density at radius 1 is 1.10 bits per heavy atom. The van der Waals surface area contributed by atoms with Crippen molar-refractivity contribution in [3.8, 4) is 0 Å². The lowest BCUT2D eigenvalue weighted by atomic mass is 10.0. The van der Waals surface area contributed by atoms with E-state index >= 15 is 0 Å². The second-order valence-corrected chi connectivity index (χ2v) is 7.35. The lowest BCUT2D eigenvalue weighted by molar-refractivity contribution is -0.123.